The predicted molar refractivity (Wildman–Crippen MR) is 102 cm³/mol. The first-order valence-electron chi connectivity index (χ1n) is 8.37. The van der Waals surface area contributed by atoms with Crippen LogP contribution in [-0.4, -0.2) is 37.9 Å². The SMILES string of the molecule is Cc1cnc(Nc2nccnc2[C@@H]2CCCN(Cc3cscn3)C2)s1. The van der Waals surface area contributed by atoms with Crippen molar-refractivity contribution in [3.63, 3.8) is 0 Å². The van der Waals surface area contributed by atoms with Gasteiger partial charge in [0.2, 0.25) is 0 Å². The minimum absolute atomic E-state index is 0.379. The Hall–Kier alpha value is -1.90. The maximum Gasteiger partial charge on any atom is 0.188 e. The molecule has 0 unspecified atom stereocenters. The smallest absolute Gasteiger partial charge is 0.188 e. The first kappa shape index (κ1) is 16.6. The lowest BCUT2D eigenvalue weighted by Crippen LogP contribution is -2.34. The van der Waals surface area contributed by atoms with Gasteiger partial charge in [-0.2, -0.15) is 0 Å². The van der Waals surface area contributed by atoms with Gasteiger partial charge in [0.1, 0.15) is 0 Å². The molecule has 25 heavy (non-hydrogen) atoms. The number of likely N-dealkylation sites (tertiary alicyclic amines) is 1. The van der Waals surface area contributed by atoms with Crippen LogP contribution in [0.1, 0.15) is 35.0 Å². The van der Waals surface area contributed by atoms with Crippen LogP contribution in [0, 0.1) is 6.92 Å². The van der Waals surface area contributed by atoms with Crippen molar-refractivity contribution in [2.75, 3.05) is 18.4 Å². The fourth-order valence-corrected chi connectivity index (χ4v) is 4.44. The molecule has 1 fully saturated rings. The Kier molecular flexibility index (Phi) is 5.00. The number of aryl methyl sites for hydroxylation is 1. The van der Waals surface area contributed by atoms with Crippen LogP contribution >= 0.6 is 22.7 Å². The summed E-state index contributed by atoms with van der Waals surface area (Å²) in [6, 6.07) is 0. The molecular formula is C17H20N6S2. The minimum Gasteiger partial charge on any atom is -0.315 e. The molecule has 130 valence electrons. The molecule has 1 saturated heterocycles. The Morgan fingerprint density at radius 1 is 1.24 bits per heavy atom. The number of nitrogens with one attached hydrogen (secondary N) is 1. The topological polar surface area (TPSA) is 66.8 Å². The summed E-state index contributed by atoms with van der Waals surface area (Å²) in [7, 11) is 0. The van der Waals surface area contributed by atoms with Crippen LogP contribution in [0.3, 0.4) is 0 Å². The van der Waals surface area contributed by atoms with Crippen LogP contribution in [0.4, 0.5) is 10.9 Å². The highest BCUT2D eigenvalue weighted by molar-refractivity contribution is 7.15. The standard InChI is InChI=1S/C17H20N6S2/c1-12-7-20-17(25-12)22-16-15(18-4-5-19-16)13-3-2-6-23(8-13)9-14-10-24-11-21-14/h4-5,7,10-11,13H,2-3,6,8-9H2,1H3,(H,19,20,22)/t13-/m1/s1. The van der Waals surface area contributed by atoms with Gasteiger partial charge in [-0.25, -0.2) is 15.0 Å². The lowest BCUT2D eigenvalue weighted by atomic mass is 9.94. The van der Waals surface area contributed by atoms with Crippen LogP contribution < -0.4 is 5.32 Å². The molecule has 3 aromatic heterocycles. The van der Waals surface area contributed by atoms with E-state index in [1.165, 1.54) is 11.3 Å². The van der Waals surface area contributed by atoms with E-state index in [9.17, 15) is 0 Å². The fraction of sp³-hybridized carbons (Fsp3) is 0.412. The maximum atomic E-state index is 4.65. The number of hydrogen-bond donors (Lipinski definition) is 1. The van der Waals surface area contributed by atoms with Gasteiger partial charge in [-0.05, 0) is 26.3 Å². The molecule has 4 heterocycles. The van der Waals surface area contributed by atoms with Gasteiger partial charge in [-0.3, -0.25) is 9.88 Å². The minimum atomic E-state index is 0.379. The number of anilines is 2. The fourth-order valence-electron chi connectivity index (χ4n) is 3.22. The largest absolute Gasteiger partial charge is 0.315 e. The Morgan fingerprint density at radius 2 is 2.16 bits per heavy atom. The first-order valence-corrected chi connectivity index (χ1v) is 10.1. The number of aromatic nitrogens is 4. The van der Waals surface area contributed by atoms with Crippen molar-refractivity contribution >= 4 is 33.6 Å². The van der Waals surface area contributed by atoms with Gasteiger partial charge >= 0.3 is 0 Å². The highest BCUT2D eigenvalue weighted by Crippen LogP contribution is 2.31. The van der Waals surface area contributed by atoms with E-state index in [1.807, 2.05) is 11.7 Å². The molecular weight excluding hydrogens is 352 g/mol. The maximum absolute atomic E-state index is 4.65. The van der Waals surface area contributed by atoms with E-state index in [4.69, 9.17) is 0 Å². The summed E-state index contributed by atoms with van der Waals surface area (Å²) in [5.74, 6) is 1.21. The van der Waals surface area contributed by atoms with Gasteiger partial charge < -0.3 is 5.32 Å². The van der Waals surface area contributed by atoms with Crippen molar-refractivity contribution < 1.29 is 0 Å². The van der Waals surface area contributed by atoms with Crippen molar-refractivity contribution in [3.05, 3.63) is 45.7 Å². The van der Waals surface area contributed by atoms with Crippen molar-refractivity contribution in [2.24, 2.45) is 0 Å². The molecule has 3 aromatic rings. The molecule has 0 aliphatic carbocycles. The van der Waals surface area contributed by atoms with Crippen LogP contribution in [0.25, 0.3) is 0 Å². The molecule has 1 N–H and O–H groups in total. The summed E-state index contributed by atoms with van der Waals surface area (Å²) in [5, 5.41) is 6.35. The number of hydrogen-bond acceptors (Lipinski definition) is 8. The summed E-state index contributed by atoms with van der Waals surface area (Å²) in [4.78, 5) is 21.6. The summed E-state index contributed by atoms with van der Waals surface area (Å²) in [6.07, 6.45) is 7.70. The van der Waals surface area contributed by atoms with E-state index < -0.39 is 0 Å². The van der Waals surface area contributed by atoms with Crippen molar-refractivity contribution in [3.8, 4) is 0 Å². The van der Waals surface area contributed by atoms with Crippen LogP contribution in [0.5, 0.6) is 0 Å². The third-order valence-corrected chi connectivity index (χ3v) is 5.80. The van der Waals surface area contributed by atoms with Crippen molar-refractivity contribution in [2.45, 2.75) is 32.2 Å². The summed E-state index contributed by atoms with van der Waals surface area (Å²) in [6.45, 7) is 5.07. The zero-order valence-electron chi connectivity index (χ0n) is 14.1. The van der Waals surface area contributed by atoms with Crippen LogP contribution in [0.2, 0.25) is 0 Å². The lowest BCUT2D eigenvalue weighted by molar-refractivity contribution is 0.197. The summed E-state index contributed by atoms with van der Waals surface area (Å²) in [5.41, 5.74) is 4.09. The van der Waals surface area contributed by atoms with Gasteiger partial charge in [0.05, 0.1) is 16.9 Å². The molecule has 8 heteroatoms. The van der Waals surface area contributed by atoms with Gasteiger partial charge in [0, 0.05) is 47.9 Å². The quantitative estimate of drug-likeness (QED) is 0.734. The Morgan fingerprint density at radius 3 is 2.96 bits per heavy atom. The molecule has 0 amide bonds. The number of rotatable bonds is 5. The molecule has 0 aromatic carbocycles. The normalized spacial score (nSPS) is 18.4. The second-order valence-electron chi connectivity index (χ2n) is 6.25. The third-order valence-electron chi connectivity index (χ3n) is 4.33. The molecule has 1 aliphatic rings. The second-order valence-corrected chi connectivity index (χ2v) is 8.20. The summed E-state index contributed by atoms with van der Waals surface area (Å²) < 4.78 is 0. The molecule has 6 nitrogen and oxygen atoms in total. The lowest BCUT2D eigenvalue weighted by Gasteiger charge is -2.32. The van der Waals surface area contributed by atoms with Gasteiger partial charge in [0.15, 0.2) is 10.9 Å². The van der Waals surface area contributed by atoms with E-state index >= 15 is 0 Å². The average Bonchev–Trinajstić information content (AvgIpc) is 3.27. The molecule has 0 radical (unpaired) electrons. The second kappa shape index (κ2) is 7.55. The van der Waals surface area contributed by atoms with Crippen LogP contribution in [0.15, 0.2) is 29.5 Å². The molecule has 0 saturated carbocycles. The molecule has 0 spiro atoms. The molecule has 4 rings (SSSR count). The van der Waals surface area contributed by atoms with E-state index in [0.29, 0.717) is 5.92 Å². The number of nitrogens with zero attached hydrogens (tertiary/aromatic N) is 5. The zero-order chi connectivity index (χ0) is 17.1. The van der Waals surface area contributed by atoms with Crippen molar-refractivity contribution in [1.82, 2.24) is 24.8 Å². The Bertz CT molecular complexity index is 816. The van der Waals surface area contributed by atoms with E-state index in [2.05, 4.69) is 42.5 Å². The molecule has 0 bridgehead atoms. The monoisotopic (exact) mass is 372 g/mol. The zero-order valence-corrected chi connectivity index (χ0v) is 15.7. The van der Waals surface area contributed by atoms with Crippen molar-refractivity contribution in [1.29, 1.82) is 0 Å². The predicted octanol–water partition coefficient (Wildman–Crippen LogP) is 3.82. The highest BCUT2D eigenvalue weighted by Gasteiger charge is 2.25. The van der Waals surface area contributed by atoms with E-state index in [-0.39, 0.29) is 0 Å². The Labute approximate surface area is 155 Å². The average molecular weight is 373 g/mol. The van der Waals surface area contributed by atoms with Gasteiger partial charge in [0.25, 0.3) is 0 Å². The molecule has 1 aliphatic heterocycles. The Balaban J connectivity index is 1.50. The third kappa shape index (κ3) is 4.02. The van der Waals surface area contributed by atoms with Gasteiger partial charge in [-0.1, -0.05) is 0 Å². The molecule has 1 atom stereocenters. The first-order chi connectivity index (χ1) is 12.3. The number of thiazole rings is 2. The summed E-state index contributed by atoms with van der Waals surface area (Å²) >= 11 is 3.29. The number of piperidine rings is 1. The van der Waals surface area contributed by atoms with E-state index in [1.54, 1.807) is 35.1 Å². The van der Waals surface area contributed by atoms with Crippen LogP contribution in [-0.2, 0) is 6.54 Å². The van der Waals surface area contributed by atoms with Gasteiger partial charge in [-0.15, -0.1) is 22.7 Å². The van der Waals surface area contributed by atoms with E-state index in [0.717, 1.165) is 48.4 Å². The highest BCUT2D eigenvalue weighted by atomic mass is 32.1.